The fraction of sp³-hybridized carbons (Fsp3) is 0.556. The molecule has 23 heavy (non-hydrogen) atoms. The number of aliphatic hydroxyl groups is 1. The maximum absolute atomic E-state index is 12.1. The minimum atomic E-state index is -0.394. The molecule has 0 aliphatic carbocycles. The highest BCUT2D eigenvalue weighted by atomic mass is 16.3. The van der Waals surface area contributed by atoms with E-state index in [9.17, 15) is 14.7 Å². The minimum Gasteiger partial charge on any atom is -0.392 e. The molecule has 1 heterocycles. The molecule has 1 aromatic carbocycles. The van der Waals surface area contributed by atoms with Crippen molar-refractivity contribution in [1.82, 2.24) is 10.2 Å². The van der Waals surface area contributed by atoms with Gasteiger partial charge in [-0.3, -0.25) is 14.5 Å². The molecule has 1 saturated heterocycles. The number of amides is 1. The van der Waals surface area contributed by atoms with Crippen LogP contribution in [0.25, 0.3) is 0 Å². The summed E-state index contributed by atoms with van der Waals surface area (Å²) in [6.45, 7) is 3.03. The van der Waals surface area contributed by atoms with Crippen LogP contribution in [0.2, 0.25) is 0 Å². The Morgan fingerprint density at radius 2 is 2.04 bits per heavy atom. The Balaban J connectivity index is 1.82. The molecule has 0 spiro atoms. The molecule has 2 N–H and O–H groups in total. The van der Waals surface area contributed by atoms with Crippen molar-refractivity contribution in [3.05, 3.63) is 35.9 Å². The van der Waals surface area contributed by atoms with Crippen LogP contribution >= 0.6 is 0 Å². The van der Waals surface area contributed by atoms with Gasteiger partial charge in [0, 0.05) is 11.6 Å². The Morgan fingerprint density at radius 1 is 1.30 bits per heavy atom. The van der Waals surface area contributed by atoms with Gasteiger partial charge in [0.05, 0.1) is 19.2 Å². The van der Waals surface area contributed by atoms with Gasteiger partial charge in [-0.15, -0.1) is 0 Å². The molecule has 126 valence electrons. The molecular formula is C18H26N2O3. The number of nitrogens with zero attached hydrogens (tertiary/aromatic N) is 1. The van der Waals surface area contributed by atoms with Gasteiger partial charge < -0.3 is 10.4 Å². The number of likely N-dealkylation sites (tertiary alicyclic amines) is 1. The summed E-state index contributed by atoms with van der Waals surface area (Å²) in [6, 6.07) is 8.99. The Labute approximate surface area is 137 Å². The van der Waals surface area contributed by atoms with Gasteiger partial charge in [0.1, 0.15) is 0 Å². The quantitative estimate of drug-likeness (QED) is 0.750. The van der Waals surface area contributed by atoms with E-state index < -0.39 is 6.10 Å². The van der Waals surface area contributed by atoms with E-state index in [1.807, 2.05) is 17.9 Å². The molecule has 2 atom stereocenters. The molecule has 1 aliphatic heterocycles. The SMILES string of the molecule is CCC(O)C1CCCCN1CC(=O)NCC(=O)c1ccccc1. The average molecular weight is 318 g/mol. The summed E-state index contributed by atoms with van der Waals surface area (Å²) < 4.78 is 0. The van der Waals surface area contributed by atoms with Crippen LogP contribution < -0.4 is 5.32 Å². The first-order valence-electron chi connectivity index (χ1n) is 8.39. The Hall–Kier alpha value is -1.72. The maximum Gasteiger partial charge on any atom is 0.234 e. The number of rotatable bonds is 7. The molecule has 0 saturated carbocycles. The lowest BCUT2D eigenvalue weighted by Crippen LogP contribution is -2.50. The molecule has 1 amide bonds. The van der Waals surface area contributed by atoms with Gasteiger partial charge in [-0.1, -0.05) is 43.7 Å². The van der Waals surface area contributed by atoms with E-state index in [1.54, 1.807) is 24.3 Å². The zero-order chi connectivity index (χ0) is 16.7. The standard InChI is InChI=1S/C18H26N2O3/c1-2-16(21)15-10-6-7-11-20(15)13-18(23)19-12-17(22)14-8-4-3-5-9-14/h3-5,8-9,15-16,21H,2,6-7,10-13H2,1H3,(H,19,23). The first-order chi connectivity index (χ1) is 11.1. The number of carbonyl (C=O) groups excluding carboxylic acids is 2. The first-order valence-corrected chi connectivity index (χ1v) is 8.39. The molecule has 0 aromatic heterocycles. The number of Topliss-reactive ketones (excluding diaryl/α,β-unsaturated/α-hetero) is 1. The minimum absolute atomic E-state index is 0.0116. The Bertz CT molecular complexity index is 518. The Kier molecular flexibility index (Phi) is 6.74. The van der Waals surface area contributed by atoms with Crippen LogP contribution in [-0.2, 0) is 4.79 Å². The molecule has 2 unspecified atom stereocenters. The second-order valence-corrected chi connectivity index (χ2v) is 6.08. The zero-order valence-electron chi connectivity index (χ0n) is 13.7. The van der Waals surface area contributed by atoms with Crippen LogP contribution in [-0.4, -0.2) is 53.5 Å². The van der Waals surface area contributed by atoms with Crippen molar-refractivity contribution in [2.24, 2.45) is 0 Å². The third-order valence-electron chi connectivity index (χ3n) is 4.42. The number of piperidine rings is 1. The van der Waals surface area contributed by atoms with Crippen molar-refractivity contribution in [2.75, 3.05) is 19.6 Å². The van der Waals surface area contributed by atoms with Crippen molar-refractivity contribution >= 4 is 11.7 Å². The van der Waals surface area contributed by atoms with E-state index >= 15 is 0 Å². The van der Waals surface area contributed by atoms with Crippen LogP contribution in [0.1, 0.15) is 43.0 Å². The summed E-state index contributed by atoms with van der Waals surface area (Å²) in [7, 11) is 0. The highest BCUT2D eigenvalue weighted by molar-refractivity contribution is 5.99. The predicted molar refractivity (Wildman–Crippen MR) is 89.3 cm³/mol. The van der Waals surface area contributed by atoms with Crippen molar-refractivity contribution in [2.45, 2.75) is 44.8 Å². The van der Waals surface area contributed by atoms with Gasteiger partial charge in [0.25, 0.3) is 0 Å². The molecule has 1 aromatic rings. The van der Waals surface area contributed by atoms with Crippen LogP contribution in [0.3, 0.4) is 0 Å². The third kappa shape index (κ3) is 5.15. The second-order valence-electron chi connectivity index (χ2n) is 6.08. The van der Waals surface area contributed by atoms with Crippen LogP contribution in [0, 0.1) is 0 Å². The highest BCUT2D eigenvalue weighted by Gasteiger charge is 2.28. The largest absolute Gasteiger partial charge is 0.392 e. The number of nitrogens with one attached hydrogen (secondary N) is 1. The fourth-order valence-corrected chi connectivity index (χ4v) is 3.07. The first kappa shape index (κ1) is 17.6. The van der Waals surface area contributed by atoms with E-state index in [-0.39, 0.29) is 30.8 Å². The fourth-order valence-electron chi connectivity index (χ4n) is 3.07. The van der Waals surface area contributed by atoms with Gasteiger partial charge >= 0.3 is 0 Å². The van der Waals surface area contributed by atoms with E-state index in [4.69, 9.17) is 0 Å². The lowest BCUT2D eigenvalue weighted by atomic mass is 9.96. The highest BCUT2D eigenvalue weighted by Crippen LogP contribution is 2.20. The van der Waals surface area contributed by atoms with E-state index in [2.05, 4.69) is 5.32 Å². The number of hydrogen-bond donors (Lipinski definition) is 2. The molecule has 2 rings (SSSR count). The Morgan fingerprint density at radius 3 is 2.74 bits per heavy atom. The summed E-state index contributed by atoms with van der Waals surface area (Å²) in [5.41, 5.74) is 0.602. The summed E-state index contributed by atoms with van der Waals surface area (Å²) >= 11 is 0. The molecule has 0 radical (unpaired) electrons. The molecule has 1 aliphatic rings. The number of hydrogen-bond acceptors (Lipinski definition) is 4. The number of ketones is 1. The third-order valence-corrected chi connectivity index (χ3v) is 4.42. The van der Waals surface area contributed by atoms with E-state index in [0.29, 0.717) is 12.0 Å². The van der Waals surface area contributed by atoms with E-state index in [0.717, 1.165) is 25.8 Å². The van der Waals surface area contributed by atoms with Crippen LogP contribution in [0.5, 0.6) is 0 Å². The van der Waals surface area contributed by atoms with E-state index in [1.165, 1.54) is 0 Å². The van der Waals surface area contributed by atoms with Crippen molar-refractivity contribution < 1.29 is 14.7 Å². The summed E-state index contributed by atoms with van der Waals surface area (Å²) in [5, 5.41) is 12.8. The summed E-state index contributed by atoms with van der Waals surface area (Å²) in [4.78, 5) is 26.2. The van der Waals surface area contributed by atoms with Crippen molar-refractivity contribution in [3.63, 3.8) is 0 Å². The number of benzene rings is 1. The van der Waals surface area contributed by atoms with Gasteiger partial charge in [0.15, 0.2) is 5.78 Å². The van der Waals surface area contributed by atoms with Crippen molar-refractivity contribution in [3.8, 4) is 0 Å². The van der Waals surface area contributed by atoms with Gasteiger partial charge in [-0.25, -0.2) is 0 Å². The van der Waals surface area contributed by atoms with Crippen molar-refractivity contribution in [1.29, 1.82) is 0 Å². The molecule has 1 fully saturated rings. The van der Waals surface area contributed by atoms with Gasteiger partial charge in [0.2, 0.25) is 5.91 Å². The molecule has 0 bridgehead atoms. The second kappa shape index (κ2) is 8.79. The smallest absolute Gasteiger partial charge is 0.234 e. The molecule has 5 nitrogen and oxygen atoms in total. The average Bonchev–Trinajstić information content (AvgIpc) is 2.60. The number of aliphatic hydroxyl groups excluding tert-OH is 1. The number of carbonyl (C=O) groups is 2. The lowest BCUT2D eigenvalue weighted by molar-refractivity contribution is -0.123. The van der Waals surface area contributed by atoms with Gasteiger partial charge in [-0.2, -0.15) is 0 Å². The predicted octanol–water partition coefficient (Wildman–Crippen LogP) is 1.61. The maximum atomic E-state index is 12.1. The topological polar surface area (TPSA) is 69.6 Å². The van der Waals surface area contributed by atoms with Gasteiger partial charge in [-0.05, 0) is 25.8 Å². The monoisotopic (exact) mass is 318 g/mol. The van der Waals surface area contributed by atoms with Crippen LogP contribution in [0.15, 0.2) is 30.3 Å². The van der Waals surface area contributed by atoms with Crippen LogP contribution in [0.4, 0.5) is 0 Å². The summed E-state index contributed by atoms with van der Waals surface area (Å²) in [5.74, 6) is -0.257. The lowest BCUT2D eigenvalue weighted by Gasteiger charge is -2.37. The molecule has 5 heteroatoms. The summed E-state index contributed by atoms with van der Waals surface area (Å²) in [6.07, 6.45) is 3.35. The normalized spacial score (nSPS) is 20.0. The molecular weight excluding hydrogens is 292 g/mol. The zero-order valence-corrected chi connectivity index (χ0v) is 13.7.